The Hall–Kier alpha value is -1.27. The third-order valence-corrected chi connectivity index (χ3v) is 2.34. The molecule has 2 aromatic heterocycles. The topological polar surface area (TPSA) is 52.8 Å². The van der Waals surface area contributed by atoms with Gasteiger partial charge in [0.1, 0.15) is 0 Å². The predicted octanol–water partition coefficient (Wildman–Crippen LogP) is 1.61. The molecule has 0 amide bonds. The molecular weight excluding hydrogens is 236 g/mol. The smallest absolute Gasteiger partial charge is 0.228 e. The van der Waals surface area contributed by atoms with Crippen LogP contribution >= 0.6 is 24.2 Å². The van der Waals surface area contributed by atoms with Crippen molar-refractivity contribution in [3.8, 4) is 11.7 Å². The summed E-state index contributed by atoms with van der Waals surface area (Å²) in [5.41, 5.74) is 0. The summed E-state index contributed by atoms with van der Waals surface area (Å²) in [5.74, 6) is 0.858. The van der Waals surface area contributed by atoms with Gasteiger partial charge in [0.05, 0.1) is 29.4 Å². The number of halogens is 1. The number of aromatic nitrogens is 4. The molecule has 2 rings (SSSR count). The summed E-state index contributed by atoms with van der Waals surface area (Å²) in [6.07, 6.45) is 3.19. The molecule has 2 heterocycles. The number of methoxy groups -OCH3 is 1. The first-order valence-electron chi connectivity index (χ1n) is 4.02. The number of thiol groups is 1. The Kier molecular flexibility index (Phi) is 2.79. The second-order valence-electron chi connectivity index (χ2n) is 2.67. The Bertz CT molecular complexity index is 474. The van der Waals surface area contributed by atoms with Crippen molar-refractivity contribution >= 4 is 24.2 Å². The van der Waals surface area contributed by atoms with Crippen LogP contribution in [0.2, 0.25) is 5.02 Å². The maximum atomic E-state index is 5.99. The molecular formula is C8H7ClN4OS. The van der Waals surface area contributed by atoms with Crippen molar-refractivity contribution in [1.29, 1.82) is 0 Å². The largest absolute Gasteiger partial charge is 0.480 e. The first kappa shape index (κ1) is 10.3. The van der Waals surface area contributed by atoms with Gasteiger partial charge in [-0.15, -0.1) is 17.7 Å². The van der Waals surface area contributed by atoms with Crippen LogP contribution in [-0.4, -0.2) is 27.1 Å². The van der Waals surface area contributed by atoms with Gasteiger partial charge in [-0.25, -0.2) is 4.68 Å². The van der Waals surface area contributed by atoms with Gasteiger partial charge in [0.15, 0.2) is 5.82 Å². The number of pyridine rings is 1. The van der Waals surface area contributed by atoms with Crippen molar-refractivity contribution in [2.45, 2.75) is 4.90 Å². The number of hydrogen-bond donors (Lipinski definition) is 1. The zero-order valence-corrected chi connectivity index (χ0v) is 9.40. The van der Waals surface area contributed by atoms with Crippen LogP contribution < -0.4 is 4.74 Å². The molecule has 0 aliphatic heterocycles. The lowest BCUT2D eigenvalue weighted by Gasteiger charge is -2.07. The minimum absolute atomic E-state index is 0.397. The van der Waals surface area contributed by atoms with Gasteiger partial charge >= 0.3 is 0 Å². The highest BCUT2D eigenvalue weighted by molar-refractivity contribution is 7.80. The Morgan fingerprint density at radius 2 is 2.33 bits per heavy atom. The Labute approximate surface area is 96.4 Å². The van der Waals surface area contributed by atoms with Gasteiger partial charge in [-0.1, -0.05) is 16.8 Å². The molecule has 15 heavy (non-hydrogen) atoms. The lowest BCUT2D eigenvalue weighted by molar-refractivity contribution is 0.386. The molecule has 5 nitrogen and oxygen atoms in total. The Morgan fingerprint density at radius 3 is 2.93 bits per heavy atom. The summed E-state index contributed by atoms with van der Waals surface area (Å²) in [7, 11) is 1.51. The molecule has 0 aliphatic rings. The van der Waals surface area contributed by atoms with Crippen molar-refractivity contribution in [3.63, 3.8) is 0 Å². The average molecular weight is 243 g/mol. The first-order valence-corrected chi connectivity index (χ1v) is 4.85. The summed E-state index contributed by atoms with van der Waals surface area (Å²) in [5, 5.41) is 7.90. The van der Waals surface area contributed by atoms with E-state index >= 15 is 0 Å². The van der Waals surface area contributed by atoms with Crippen molar-refractivity contribution < 1.29 is 4.74 Å². The van der Waals surface area contributed by atoms with Gasteiger partial charge in [-0.05, 0) is 6.07 Å². The van der Waals surface area contributed by atoms with E-state index in [0.717, 1.165) is 0 Å². The molecule has 0 saturated carbocycles. The normalized spacial score (nSPS) is 10.3. The number of nitrogens with zero attached hydrogens (tertiary/aromatic N) is 4. The van der Waals surface area contributed by atoms with E-state index in [1.807, 2.05) is 0 Å². The quantitative estimate of drug-likeness (QED) is 0.813. The van der Waals surface area contributed by atoms with Crippen LogP contribution in [0.3, 0.4) is 0 Å². The molecule has 2 aromatic rings. The average Bonchev–Trinajstić information content (AvgIpc) is 2.71. The van der Waals surface area contributed by atoms with Gasteiger partial charge < -0.3 is 4.74 Å². The molecule has 0 N–H and O–H groups in total. The number of hydrogen-bond acceptors (Lipinski definition) is 5. The van der Waals surface area contributed by atoms with Crippen LogP contribution in [0.15, 0.2) is 23.4 Å². The van der Waals surface area contributed by atoms with E-state index in [2.05, 4.69) is 27.9 Å². The Morgan fingerprint density at radius 1 is 1.53 bits per heavy atom. The van der Waals surface area contributed by atoms with Crippen LogP contribution in [-0.2, 0) is 0 Å². The van der Waals surface area contributed by atoms with Crippen LogP contribution in [0.5, 0.6) is 5.88 Å². The molecule has 0 radical (unpaired) electrons. The molecule has 0 fully saturated rings. The third-order valence-electron chi connectivity index (χ3n) is 1.74. The van der Waals surface area contributed by atoms with Crippen LogP contribution in [0, 0.1) is 0 Å². The molecule has 7 heteroatoms. The summed E-state index contributed by atoms with van der Waals surface area (Å²) >= 11 is 10.2. The number of ether oxygens (including phenoxy) is 1. The molecule has 0 bridgehead atoms. The Balaban J connectivity index is 2.57. The zero-order chi connectivity index (χ0) is 10.8. The first-order chi connectivity index (χ1) is 7.22. The highest BCUT2D eigenvalue weighted by atomic mass is 35.5. The van der Waals surface area contributed by atoms with Crippen LogP contribution in [0.25, 0.3) is 5.82 Å². The highest BCUT2D eigenvalue weighted by Gasteiger charge is 2.10. The van der Waals surface area contributed by atoms with E-state index in [9.17, 15) is 0 Å². The van der Waals surface area contributed by atoms with E-state index in [1.54, 1.807) is 18.5 Å². The van der Waals surface area contributed by atoms with Gasteiger partial charge in [-0.2, -0.15) is 4.98 Å². The fourth-order valence-electron chi connectivity index (χ4n) is 1.09. The van der Waals surface area contributed by atoms with Gasteiger partial charge in [-0.3, -0.25) is 0 Å². The van der Waals surface area contributed by atoms with E-state index in [0.29, 0.717) is 21.6 Å². The lowest BCUT2D eigenvalue weighted by atomic mass is 10.4. The second-order valence-corrected chi connectivity index (χ2v) is 3.56. The van der Waals surface area contributed by atoms with E-state index in [4.69, 9.17) is 16.3 Å². The summed E-state index contributed by atoms with van der Waals surface area (Å²) in [6, 6.07) is 1.65. The molecule has 0 unspecified atom stereocenters. The van der Waals surface area contributed by atoms with Crippen molar-refractivity contribution in [2.24, 2.45) is 0 Å². The van der Waals surface area contributed by atoms with Gasteiger partial charge in [0, 0.05) is 0 Å². The standard InChI is InChI=1S/C8H7ClN4OS/c1-14-8-6(15)4-5(9)7(11-8)13-3-2-10-12-13/h2-4,15H,1H3. The molecule has 78 valence electrons. The maximum Gasteiger partial charge on any atom is 0.228 e. The minimum Gasteiger partial charge on any atom is -0.480 e. The van der Waals surface area contributed by atoms with Crippen molar-refractivity contribution in [2.75, 3.05) is 7.11 Å². The summed E-state index contributed by atoms with van der Waals surface area (Å²) in [4.78, 5) is 4.74. The maximum absolute atomic E-state index is 5.99. The lowest BCUT2D eigenvalue weighted by Crippen LogP contribution is -2.02. The van der Waals surface area contributed by atoms with Gasteiger partial charge in [0.25, 0.3) is 0 Å². The molecule has 0 spiro atoms. The van der Waals surface area contributed by atoms with E-state index in [1.165, 1.54) is 11.8 Å². The molecule has 0 saturated heterocycles. The molecule has 0 aromatic carbocycles. The fraction of sp³-hybridized carbons (Fsp3) is 0.125. The minimum atomic E-state index is 0.397. The number of rotatable bonds is 2. The zero-order valence-electron chi connectivity index (χ0n) is 7.75. The van der Waals surface area contributed by atoms with Crippen LogP contribution in [0.1, 0.15) is 0 Å². The van der Waals surface area contributed by atoms with Gasteiger partial charge in [0.2, 0.25) is 5.88 Å². The molecule has 0 atom stereocenters. The summed E-state index contributed by atoms with van der Waals surface area (Å²) in [6.45, 7) is 0. The SMILES string of the molecule is COc1nc(-n2ccnn2)c(Cl)cc1S. The second kappa shape index (κ2) is 4.08. The van der Waals surface area contributed by atoms with E-state index < -0.39 is 0 Å². The van der Waals surface area contributed by atoms with Crippen molar-refractivity contribution in [3.05, 3.63) is 23.5 Å². The molecule has 0 aliphatic carbocycles. The summed E-state index contributed by atoms with van der Waals surface area (Å²) < 4.78 is 6.49. The monoisotopic (exact) mass is 242 g/mol. The van der Waals surface area contributed by atoms with E-state index in [-0.39, 0.29) is 0 Å². The third kappa shape index (κ3) is 1.91. The predicted molar refractivity (Wildman–Crippen MR) is 58.0 cm³/mol. The fourth-order valence-corrected chi connectivity index (χ4v) is 1.67. The van der Waals surface area contributed by atoms with Crippen LogP contribution in [0.4, 0.5) is 0 Å². The highest BCUT2D eigenvalue weighted by Crippen LogP contribution is 2.27. The van der Waals surface area contributed by atoms with Crippen molar-refractivity contribution in [1.82, 2.24) is 20.0 Å².